The van der Waals surface area contributed by atoms with Gasteiger partial charge in [0, 0.05) is 18.8 Å². The molecule has 2 heterocycles. The van der Waals surface area contributed by atoms with Gasteiger partial charge >= 0.3 is 5.97 Å². The van der Waals surface area contributed by atoms with E-state index in [4.69, 9.17) is 4.74 Å². The topological polar surface area (TPSA) is 79.7 Å². The lowest BCUT2D eigenvalue weighted by atomic mass is 10.0. The number of piperidine rings is 1. The lowest BCUT2D eigenvalue weighted by Gasteiger charge is -2.32. The summed E-state index contributed by atoms with van der Waals surface area (Å²) in [5.41, 5.74) is 0.364. The zero-order valence-electron chi connectivity index (χ0n) is 13.1. The maximum absolute atomic E-state index is 12.6. The van der Waals surface area contributed by atoms with Crippen molar-refractivity contribution in [3.05, 3.63) is 54.2 Å². The van der Waals surface area contributed by atoms with Crippen molar-refractivity contribution in [1.29, 1.82) is 0 Å². The summed E-state index contributed by atoms with van der Waals surface area (Å²) in [6.45, 7) is 0.456. The molecule has 0 saturated carbocycles. The molecule has 1 fully saturated rings. The molecule has 1 saturated heterocycles. The fourth-order valence-electron chi connectivity index (χ4n) is 2.77. The summed E-state index contributed by atoms with van der Waals surface area (Å²) in [6.07, 6.45) is 3.55. The molecule has 1 aliphatic heterocycles. The molecular formula is C18H18N2O4. The first-order chi connectivity index (χ1) is 11.6. The average Bonchev–Trinajstić information content (AvgIpc) is 2.62. The van der Waals surface area contributed by atoms with E-state index < -0.39 is 12.0 Å². The van der Waals surface area contributed by atoms with Gasteiger partial charge in [0.25, 0.3) is 5.91 Å². The Kier molecular flexibility index (Phi) is 4.74. The number of amides is 1. The van der Waals surface area contributed by atoms with Crippen LogP contribution in [0.25, 0.3) is 0 Å². The second-order valence-corrected chi connectivity index (χ2v) is 5.65. The van der Waals surface area contributed by atoms with Crippen LogP contribution in [0.5, 0.6) is 11.6 Å². The minimum absolute atomic E-state index is 0.305. The number of carboxylic acid groups (broad SMARTS) is 1. The summed E-state index contributed by atoms with van der Waals surface area (Å²) >= 11 is 0. The molecule has 3 rings (SSSR count). The summed E-state index contributed by atoms with van der Waals surface area (Å²) in [4.78, 5) is 29.5. The number of carbonyl (C=O) groups is 2. The van der Waals surface area contributed by atoms with Crippen LogP contribution in [0.3, 0.4) is 0 Å². The van der Waals surface area contributed by atoms with Crippen LogP contribution in [0, 0.1) is 0 Å². The highest BCUT2D eigenvalue weighted by Gasteiger charge is 2.32. The number of nitrogens with zero attached hydrogens (tertiary/aromatic N) is 2. The predicted molar refractivity (Wildman–Crippen MR) is 87.1 cm³/mol. The first-order valence-electron chi connectivity index (χ1n) is 7.88. The molecule has 1 aromatic carbocycles. The molecule has 1 aliphatic rings. The second kappa shape index (κ2) is 7.12. The Bertz CT molecular complexity index is 716. The van der Waals surface area contributed by atoms with E-state index in [9.17, 15) is 14.7 Å². The number of aromatic nitrogens is 1. The highest BCUT2D eigenvalue weighted by Crippen LogP contribution is 2.22. The molecule has 24 heavy (non-hydrogen) atoms. The number of likely N-dealkylation sites (tertiary alicyclic amines) is 1. The van der Waals surface area contributed by atoms with Crippen LogP contribution in [-0.4, -0.2) is 39.5 Å². The average molecular weight is 326 g/mol. The maximum atomic E-state index is 12.6. The molecule has 124 valence electrons. The fraction of sp³-hybridized carbons (Fsp3) is 0.278. The minimum atomic E-state index is -0.958. The van der Waals surface area contributed by atoms with E-state index in [1.807, 2.05) is 30.3 Å². The Labute approximate surface area is 139 Å². The summed E-state index contributed by atoms with van der Waals surface area (Å²) in [5, 5.41) is 9.28. The van der Waals surface area contributed by atoms with Gasteiger partial charge in [0.2, 0.25) is 5.88 Å². The molecule has 0 bridgehead atoms. The van der Waals surface area contributed by atoms with Crippen LogP contribution in [0.2, 0.25) is 0 Å². The molecule has 0 spiro atoms. The SMILES string of the molecule is O=C(O)C1CCCCN1C(=O)c1ccc(Oc2ccccc2)nc1. The predicted octanol–water partition coefficient (Wildman–Crippen LogP) is 2.95. The van der Waals surface area contributed by atoms with Crippen molar-refractivity contribution >= 4 is 11.9 Å². The second-order valence-electron chi connectivity index (χ2n) is 5.65. The van der Waals surface area contributed by atoms with Gasteiger partial charge in [-0.05, 0) is 37.5 Å². The normalized spacial score (nSPS) is 17.3. The van der Waals surface area contributed by atoms with Crippen LogP contribution in [0.1, 0.15) is 29.6 Å². The smallest absolute Gasteiger partial charge is 0.326 e. The largest absolute Gasteiger partial charge is 0.480 e. The van der Waals surface area contributed by atoms with Crippen LogP contribution < -0.4 is 4.74 Å². The number of carbonyl (C=O) groups excluding carboxylic acids is 1. The minimum Gasteiger partial charge on any atom is -0.480 e. The van der Waals surface area contributed by atoms with Crippen molar-refractivity contribution in [2.45, 2.75) is 25.3 Å². The zero-order valence-corrected chi connectivity index (χ0v) is 13.1. The summed E-state index contributed by atoms with van der Waals surface area (Å²) in [7, 11) is 0. The highest BCUT2D eigenvalue weighted by molar-refractivity contribution is 5.96. The Morgan fingerprint density at radius 2 is 1.92 bits per heavy atom. The molecule has 1 atom stereocenters. The quantitative estimate of drug-likeness (QED) is 0.934. The first kappa shape index (κ1) is 16.0. The van der Waals surface area contributed by atoms with E-state index in [0.717, 1.165) is 12.8 Å². The van der Waals surface area contributed by atoms with Gasteiger partial charge in [-0.15, -0.1) is 0 Å². The van der Waals surface area contributed by atoms with E-state index in [0.29, 0.717) is 30.2 Å². The molecule has 0 radical (unpaired) electrons. The molecule has 1 amide bonds. The molecule has 6 heteroatoms. The van der Waals surface area contributed by atoms with Crippen molar-refractivity contribution in [1.82, 2.24) is 9.88 Å². The van der Waals surface area contributed by atoms with Crippen molar-refractivity contribution in [2.75, 3.05) is 6.54 Å². The van der Waals surface area contributed by atoms with Gasteiger partial charge in [-0.25, -0.2) is 9.78 Å². The van der Waals surface area contributed by atoms with Crippen LogP contribution >= 0.6 is 0 Å². The van der Waals surface area contributed by atoms with Gasteiger partial charge in [-0.2, -0.15) is 0 Å². The maximum Gasteiger partial charge on any atom is 0.326 e. The van der Waals surface area contributed by atoms with E-state index in [-0.39, 0.29) is 5.91 Å². The van der Waals surface area contributed by atoms with Gasteiger partial charge in [0.1, 0.15) is 11.8 Å². The van der Waals surface area contributed by atoms with E-state index in [1.54, 1.807) is 12.1 Å². The fourth-order valence-corrected chi connectivity index (χ4v) is 2.77. The van der Waals surface area contributed by atoms with Crippen molar-refractivity contribution in [3.63, 3.8) is 0 Å². The molecule has 0 aliphatic carbocycles. The van der Waals surface area contributed by atoms with Gasteiger partial charge in [-0.1, -0.05) is 18.2 Å². The lowest BCUT2D eigenvalue weighted by molar-refractivity contribution is -0.143. The number of rotatable bonds is 4. The summed E-state index contributed by atoms with van der Waals surface area (Å²) in [5.74, 6) is -0.224. The van der Waals surface area contributed by atoms with Gasteiger partial charge in [-0.3, -0.25) is 4.79 Å². The number of hydrogen-bond donors (Lipinski definition) is 1. The number of hydrogen-bond acceptors (Lipinski definition) is 4. The standard InChI is InChI=1S/C18H18N2O4/c21-17(20-11-5-4-8-15(20)18(22)23)13-9-10-16(19-12-13)24-14-6-2-1-3-7-14/h1-3,6-7,9-10,12,15H,4-5,8,11H2,(H,22,23). The van der Waals surface area contributed by atoms with Gasteiger partial charge in [0.15, 0.2) is 0 Å². The van der Waals surface area contributed by atoms with E-state index in [1.165, 1.54) is 11.1 Å². The summed E-state index contributed by atoms with van der Waals surface area (Å²) in [6, 6.07) is 11.7. The third kappa shape index (κ3) is 3.53. The monoisotopic (exact) mass is 326 g/mol. The Morgan fingerprint density at radius 3 is 2.58 bits per heavy atom. The number of para-hydroxylation sites is 1. The van der Waals surface area contributed by atoms with Crippen LogP contribution in [-0.2, 0) is 4.79 Å². The highest BCUT2D eigenvalue weighted by atomic mass is 16.5. The zero-order chi connectivity index (χ0) is 16.9. The third-order valence-electron chi connectivity index (χ3n) is 4.00. The molecule has 1 aromatic heterocycles. The number of pyridine rings is 1. The number of ether oxygens (including phenoxy) is 1. The Balaban J connectivity index is 1.72. The van der Waals surface area contributed by atoms with Gasteiger partial charge in [0.05, 0.1) is 5.56 Å². The van der Waals surface area contributed by atoms with Crippen LogP contribution in [0.4, 0.5) is 0 Å². The molecule has 2 aromatic rings. The van der Waals surface area contributed by atoms with Crippen molar-refractivity contribution in [2.24, 2.45) is 0 Å². The molecule has 1 N–H and O–H groups in total. The van der Waals surface area contributed by atoms with Crippen LogP contribution in [0.15, 0.2) is 48.7 Å². The van der Waals surface area contributed by atoms with E-state index >= 15 is 0 Å². The summed E-state index contributed by atoms with van der Waals surface area (Å²) < 4.78 is 5.59. The van der Waals surface area contributed by atoms with Gasteiger partial charge < -0.3 is 14.7 Å². The number of benzene rings is 1. The molecular weight excluding hydrogens is 308 g/mol. The molecule has 6 nitrogen and oxygen atoms in total. The van der Waals surface area contributed by atoms with Crippen molar-refractivity contribution < 1.29 is 19.4 Å². The Hall–Kier alpha value is -2.89. The van der Waals surface area contributed by atoms with E-state index in [2.05, 4.69) is 4.98 Å². The lowest BCUT2D eigenvalue weighted by Crippen LogP contribution is -2.48. The Morgan fingerprint density at radius 1 is 1.12 bits per heavy atom. The third-order valence-corrected chi connectivity index (χ3v) is 4.00. The van der Waals surface area contributed by atoms with Crippen molar-refractivity contribution in [3.8, 4) is 11.6 Å². The number of aliphatic carboxylic acids is 1. The molecule has 1 unspecified atom stereocenters. The first-order valence-corrected chi connectivity index (χ1v) is 7.88. The number of carboxylic acids is 1.